The number of esters is 1. The molecule has 0 aromatic carbocycles. The van der Waals surface area contributed by atoms with E-state index >= 15 is 0 Å². The van der Waals surface area contributed by atoms with Crippen LogP contribution in [0.15, 0.2) is 0 Å². The highest BCUT2D eigenvalue weighted by atomic mass is 16.5. The standard InChI is InChI=1S/C8H14O2/c1-3-4-7-5-8(7)10-6(2)9/h7-8H,3-5H2,1-2H3. The van der Waals surface area contributed by atoms with E-state index in [-0.39, 0.29) is 12.1 Å². The van der Waals surface area contributed by atoms with Crippen LogP contribution in [0.3, 0.4) is 0 Å². The summed E-state index contributed by atoms with van der Waals surface area (Å²) in [6.07, 6.45) is 3.76. The number of rotatable bonds is 3. The fourth-order valence-electron chi connectivity index (χ4n) is 1.25. The average Bonchev–Trinajstić information content (AvgIpc) is 2.47. The van der Waals surface area contributed by atoms with Crippen molar-refractivity contribution >= 4 is 5.97 Å². The molecule has 2 atom stereocenters. The molecule has 0 aliphatic heterocycles. The van der Waals surface area contributed by atoms with Gasteiger partial charge in [0.05, 0.1) is 0 Å². The van der Waals surface area contributed by atoms with E-state index in [0.29, 0.717) is 5.92 Å². The lowest BCUT2D eigenvalue weighted by Gasteiger charge is -1.97. The molecule has 1 saturated carbocycles. The normalized spacial score (nSPS) is 29.8. The third-order valence-electron chi connectivity index (χ3n) is 1.83. The van der Waals surface area contributed by atoms with E-state index in [2.05, 4.69) is 6.92 Å². The molecule has 1 fully saturated rings. The molecule has 0 aromatic heterocycles. The predicted molar refractivity (Wildman–Crippen MR) is 38.6 cm³/mol. The van der Waals surface area contributed by atoms with Crippen molar-refractivity contribution in [2.45, 2.75) is 39.2 Å². The molecule has 0 spiro atoms. The van der Waals surface area contributed by atoms with Gasteiger partial charge in [0.2, 0.25) is 0 Å². The van der Waals surface area contributed by atoms with E-state index in [0.717, 1.165) is 6.42 Å². The van der Waals surface area contributed by atoms with Gasteiger partial charge in [-0.25, -0.2) is 0 Å². The van der Waals surface area contributed by atoms with Gasteiger partial charge in [-0.1, -0.05) is 13.3 Å². The highest BCUT2D eigenvalue weighted by Gasteiger charge is 2.38. The minimum Gasteiger partial charge on any atom is -0.462 e. The predicted octanol–water partition coefficient (Wildman–Crippen LogP) is 1.74. The third kappa shape index (κ3) is 2.01. The summed E-state index contributed by atoms with van der Waals surface area (Å²) >= 11 is 0. The molecular weight excluding hydrogens is 128 g/mol. The lowest BCUT2D eigenvalue weighted by Crippen LogP contribution is -2.02. The van der Waals surface area contributed by atoms with Crippen LogP contribution in [-0.4, -0.2) is 12.1 Å². The minimum atomic E-state index is -0.136. The molecular formula is C8H14O2. The molecule has 1 aliphatic carbocycles. The molecule has 0 amide bonds. The van der Waals surface area contributed by atoms with Gasteiger partial charge in [0.15, 0.2) is 0 Å². The molecule has 0 radical (unpaired) electrons. The largest absolute Gasteiger partial charge is 0.462 e. The van der Waals surface area contributed by atoms with E-state index in [9.17, 15) is 4.79 Å². The van der Waals surface area contributed by atoms with Crippen molar-refractivity contribution in [3.8, 4) is 0 Å². The van der Waals surface area contributed by atoms with Crippen LogP contribution < -0.4 is 0 Å². The van der Waals surface area contributed by atoms with Gasteiger partial charge in [0, 0.05) is 6.92 Å². The van der Waals surface area contributed by atoms with Gasteiger partial charge < -0.3 is 4.74 Å². The Kier molecular flexibility index (Phi) is 2.30. The highest BCUT2D eigenvalue weighted by Crippen LogP contribution is 2.37. The molecule has 2 unspecified atom stereocenters. The molecule has 10 heavy (non-hydrogen) atoms. The van der Waals surface area contributed by atoms with Crippen LogP contribution in [0.2, 0.25) is 0 Å². The molecule has 0 heterocycles. The Hall–Kier alpha value is -0.530. The van der Waals surface area contributed by atoms with E-state index < -0.39 is 0 Å². The average molecular weight is 142 g/mol. The van der Waals surface area contributed by atoms with E-state index in [1.807, 2.05) is 0 Å². The Bertz CT molecular complexity index is 131. The van der Waals surface area contributed by atoms with Crippen LogP contribution in [0.25, 0.3) is 0 Å². The number of hydrogen-bond donors (Lipinski definition) is 0. The number of hydrogen-bond acceptors (Lipinski definition) is 2. The minimum absolute atomic E-state index is 0.136. The number of carbonyl (C=O) groups excluding carboxylic acids is 1. The fraction of sp³-hybridized carbons (Fsp3) is 0.875. The maximum atomic E-state index is 10.4. The van der Waals surface area contributed by atoms with Crippen molar-refractivity contribution in [2.24, 2.45) is 5.92 Å². The summed E-state index contributed by atoms with van der Waals surface area (Å²) in [5, 5.41) is 0. The van der Waals surface area contributed by atoms with Crippen molar-refractivity contribution in [3.05, 3.63) is 0 Å². The monoisotopic (exact) mass is 142 g/mol. The van der Waals surface area contributed by atoms with Crippen molar-refractivity contribution in [1.29, 1.82) is 0 Å². The van der Waals surface area contributed by atoms with Crippen molar-refractivity contribution in [2.75, 3.05) is 0 Å². The Morgan fingerprint density at radius 3 is 2.90 bits per heavy atom. The summed E-state index contributed by atoms with van der Waals surface area (Å²) in [7, 11) is 0. The van der Waals surface area contributed by atoms with Gasteiger partial charge in [0.25, 0.3) is 0 Å². The molecule has 0 saturated heterocycles. The van der Waals surface area contributed by atoms with E-state index in [1.54, 1.807) is 0 Å². The second kappa shape index (κ2) is 3.04. The summed E-state index contributed by atoms with van der Waals surface area (Å²) in [6, 6.07) is 0. The van der Waals surface area contributed by atoms with E-state index in [4.69, 9.17) is 4.74 Å². The molecule has 2 heteroatoms. The summed E-state index contributed by atoms with van der Waals surface area (Å²) in [5.41, 5.74) is 0. The number of carbonyl (C=O) groups is 1. The second-order valence-corrected chi connectivity index (χ2v) is 2.93. The molecule has 1 aliphatic rings. The van der Waals surface area contributed by atoms with Gasteiger partial charge in [-0.05, 0) is 18.8 Å². The van der Waals surface area contributed by atoms with Crippen molar-refractivity contribution in [3.63, 3.8) is 0 Å². The SMILES string of the molecule is CCCC1CC1OC(C)=O. The molecule has 0 aromatic rings. The summed E-state index contributed by atoms with van der Waals surface area (Å²) < 4.78 is 4.99. The molecule has 0 bridgehead atoms. The first-order chi connectivity index (χ1) is 4.74. The van der Waals surface area contributed by atoms with Crippen molar-refractivity contribution in [1.82, 2.24) is 0 Å². The van der Waals surface area contributed by atoms with Crippen LogP contribution in [0.4, 0.5) is 0 Å². The van der Waals surface area contributed by atoms with Crippen LogP contribution in [-0.2, 0) is 9.53 Å². The Morgan fingerprint density at radius 1 is 1.70 bits per heavy atom. The zero-order valence-corrected chi connectivity index (χ0v) is 6.59. The molecule has 1 rings (SSSR count). The quantitative estimate of drug-likeness (QED) is 0.561. The molecule has 0 N–H and O–H groups in total. The zero-order valence-electron chi connectivity index (χ0n) is 6.59. The van der Waals surface area contributed by atoms with Crippen LogP contribution in [0.5, 0.6) is 0 Å². The van der Waals surface area contributed by atoms with Crippen LogP contribution in [0.1, 0.15) is 33.1 Å². The van der Waals surface area contributed by atoms with Gasteiger partial charge in [0.1, 0.15) is 6.10 Å². The maximum absolute atomic E-state index is 10.4. The smallest absolute Gasteiger partial charge is 0.302 e. The summed E-state index contributed by atoms with van der Waals surface area (Å²) in [5.74, 6) is 0.539. The fourth-order valence-corrected chi connectivity index (χ4v) is 1.25. The molecule has 58 valence electrons. The topological polar surface area (TPSA) is 26.3 Å². The Balaban J connectivity index is 2.07. The lowest BCUT2D eigenvalue weighted by molar-refractivity contribution is -0.142. The summed E-state index contributed by atoms with van der Waals surface area (Å²) in [4.78, 5) is 10.4. The highest BCUT2D eigenvalue weighted by molar-refractivity contribution is 5.66. The lowest BCUT2D eigenvalue weighted by atomic mass is 10.2. The van der Waals surface area contributed by atoms with Gasteiger partial charge >= 0.3 is 5.97 Å². The van der Waals surface area contributed by atoms with Gasteiger partial charge in [-0.3, -0.25) is 4.79 Å². The second-order valence-electron chi connectivity index (χ2n) is 2.93. The Labute approximate surface area is 61.6 Å². The molecule has 2 nitrogen and oxygen atoms in total. The van der Waals surface area contributed by atoms with E-state index in [1.165, 1.54) is 19.8 Å². The number of ether oxygens (including phenoxy) is 1. The first kappa shape index (κ1) is 7.58. The first-order valence-corrected chi connectivity index (χ1v) is 3.91. The van der Waals surface area contributed by atoms with Crippen LogP contribution in [0, 0.1) is 5.92 Å². The van der Waals surface area contributed by atoms with Gasteiger partial charge in [-0.2, -0.15) is 0 Å². The maximum Gasteiger partial charge on any atom is 0.302 e. The third-order valence-corrected chi connectivity index (χ3v) is 1.83. The summed E-state index contributed by atoms with van der Waals surface area (Å²) in [6.45, 7) is 3.63. The van der Waals surface area contributed by atoms with Crippen molar-refractivity contribution < 1.29 is 9.53 Å². The Morgan fingerprint density at radius 2 is 2.40 bits per heavy atom. The zero-order chi connectivity index (χ0) is 7.56. The van der Waals surface area contributed by atoms with Crippen LogP contribution >= 0.6 is 0 Å². The van der Waals surface area contributed by atoms with Gasteiger partial charge in [-0.15, -0.1) is 0 Å². The first-order valence-electron chi connectivity index (χ1n) is 3.91.